The molecule has 0 atom stereocenters. The minimum absolute atomic E-state index is 0. The molecule has 0 saturated heterocycles. The highest BCUT2D eigenvalue weighted by molar-refractivity contribution is 7.87. The quantitative estimate of drug-likeness (QED) is 0.0466. The van der Waals surface area contributed by atoms with Crippen molar-refractivity contribution >= 4 is 10.1 Å². The van der Waals surface area contributed by atoms with Crippen LogP contribution in [0.2, 0.25) is 0 Å². The van der Waals surface area contributed by atoms with E-state index in [0.29, 0.717) is 32.1 Å². The number of hydrogen-bond donors (Lipinski definition) is 1. The van der Waals surface area contributed by atoms with Gasteiger partial charge in [0.1, 0.15) is 0 Å². The number of alkyl halides is 5. The van der Waals surface area contributed by atoms with Gasteiger partial charge < -0.3 is 6.15 Å². The first-order valence-electron chi connectivity index (χ1n) is 16.9. The maximum absolute atomic E-state index is 14.1. The molecule has 0 amide bonds. The largest absolute Gasteiger partial charge is 0.389 e. The minimum atomic E-state index is -4.93. The van der Waals surface area contributed by atoms with Crippen LogP contribution in [0.5, 0.6) is 0 Å². The van der Waals surface area contributed by atoms with E-state index in [0.717, 1.165) is 38.5 Å². The van der Waals surface area contributed by atoms with Crippen LogP contribution in [0, 0.1) is 0 Å². The Kier molecular flexibility index (Phi) is 29.1. The SMILES string of the molecule is CCCCCCCCCCCCCCCCCCCCOS(=O)(=O)C(F)(F)CCCCCCCCCCC(F)(F)F.N. The standard InChI is InChI=1S/C32H61F5O3S.H3N/c1-2-3-4-5-6-7-8-9-10-11-12-13-14-15-18-21-24-27-30-40-41(38,39)32(36,37)29-26-23-20-17-16-19-22-25-28-31(33,34)35;/h2-30H2,1H3;1H3. The second kappa shape index (κ2) is 28.0. The summed E-state index contributed by atoms with van der Waals surface area (Å²) < 4.78 is 93.0. The first-order chi connectivity index (χ1) is 19.5. The van der Waals surface area contributed by atoms with E-state index < -0.39 is 34.4 Å². The fraction of sp³-hybridized carbons (Fsp3) is 1.00. The molecule has 0 aromatic carbocycles. The summed E-state index contributed by atoms with van der Waals surface area (Å²) >= 11 is 0. The monoisotopic (exact) mass is 637 g/mol. The molecular formula is C32H64F5NO3S. The summed E-state index contributed by atoms with van der Waals surface area (Å²) in [7, 11) is -4.93. The molecule has 0 fully saturated rings. The van der Waals surface area contributed by atoms with E-state index in [4.69, 9.17) is 0 Å². The molecule has 0 spiro atoms. The van der Waals surface area contributed by atoms with Crippen LogP contribution >= 0.6 is 0 Å². The summed E-state index contributed by atoms with van der Waals surface area (Å²) in [6, 6.07) is 0. The second-order valence-electron chi connectivity index (χ2n) is 11.9. The lowest BCUT2D eigenvalue weighted by Crippen LogP contribution is -2.31. The predicted octanol–water partition coefficient (Wildman–Crippen LogP) is 12.6. The highest BCUT2D eigenvalue weighted by Gasteiger charge is 2.45. The molecular weight excluding hydrogens is 573 g/mol. The molecule has 0 aliphatic rings. The average Bonchev–Trinajstić information content (AvgIpc) is 2.90. The molecule has 0 aromatic heterocycles. The van der Waals surface area contributed by atoms with Crippen LogP contribution in [0.4, 0.5) is 22.0 Å². The molecule has 0 aliphatic heterocycles. The van der Waals surface area contributed by atoms with E-state index in [1.165, 1.54) is 83.5 Å². The van der Waals surface area contributed by atoms with Gasteiger partial charge in [-0.3, -0.25) is 4.18 Å². The lowest BCUT2D eigenvalue weighted by atomic mass is 10.0. The minimum Gasteiger partial charge on any atom is -0.344 e. The van der Waals surface area contributed by atoms with Gasteiger partial charge in [0.2, 0.25) is 0 Å². The van der Waals surface area contributed by atoms with E-state index in [2.05, 4.69) is 11.1 Å². The molecule has 42 heavy (non-hydrogen) atoms. The van der Waals surface area contributed by atoms with Crippen molar-refractivity contribution in [3.05, 3.63) is 0 Å². The maximum atomic E-state index is 14.1. The first kappa shape index (κ1) is 43.6. The van der Waals surface area contributed by atoms with E-state index in [-0.39, 0.29) is 25.6 Å². The van der Waals surface area contributed by atoms with Gasteiger partial charge in [-0.1, -0.05) is 155 Å². The summed E-state index contributed by atoms with van der Waals surface area (Å²) in [5, 5.41) is -3.89. The molecule has 0 unspecified atom stereocenters. The van der Waals surface area contributed by atoms with Crippen LogP contribution in [0.25, 0.3) is 0 Å². The second-order valence-corrected chi connectivity index (χ2v) is 13.6. The third kappa shape index (κ3) is 28.3. The zero-order valence-electron chi connectivity index (χ0n) is 26.7. The van der Waals surface area contributed by atoms with Crippen LogP contribution in [0.3, 0.4) is 0 Å². The van der Waals surface area contributed by atoms with Crippen LogP contribution in [-0.4, -0.2) is 26.5 Å². The van der Waals surface area contributed by atoms with Gasteiger partial charge in [-0.25, -0.2) is 0 Å². The lowest BCUT2D eigenvalue weighted by molar-refractivity contribution is -0.135. The van der Waals surface area contributed by atoms with Crippen molar-refractivity contribution in [3.63, 3.8) is 0 Å². The van der Waals surface area contributed by atoms with Crippen LogP contribution < -0.4 is 6.15 Å². The molecule has 0 radical (unpaired) electrons. The first-order valence-corrected chi connectivity index (χ1v) is 18.3. The fourth-order valence-corrected chi connectivity index (χ4v) is 6.00. The Labute approximate surface area is 255 Å². The summed E-state index contributed by atoms with van der Waals surface area (Å²) in [5.74, 6) is 0. The van der Waals surface area contributed by atoms with Crippen molar-refractivity contribution in [2.45, 2.75) is 198 Å². The topological polar surface area (TPSA) is 78.4 Å². The highest BCUT2D eigenvalue weighted by atomic mass is 32.2. The zero-order chi connectivity index (χ0) is 30.7. The molecule has 0 aromatic rings. The highest BCUT2D eigenvalue weighted by Crippen LogP contribution is 2.30. The molecule has 3 N–H and O–H groups in total. The van der Waals surface area contributed by atoms with Gasteiger partial charge in [0.25, 0.3) is 0 Å². The van der Waals surface area contributed by atoms with E-state index in [1.807, 2.05) is 0 Å². The smallest absolute Gasteiger partial charge is 0.344 e. The Bertz CT molecular complexity index is 676. The van der Waals surface area contributed by atoms with Gasteiger partial charge in [0, 0.05) is 12.8 Å². The number of rotatable bonds is 31. The normalized spacial score (nSPS) is 12.5. The van der Waals surface area contributed by atoms with Crippen molar-refractivity contribution in [3.8, 4) is 0 Å². The summed E-state index contributed by atoms with van der Waals surface area (Å²) in [4.78, 5) is 0. The van der Waals surface area contributed by atoms with Gasteiger partial charge in [-0.05, 0) is 19.3 Å². The third-order valence-electron chi connectivity index (χ3n) is 7.78. The van der Waals surface area contributed by atoms with Crippen LogP contribution in [0.15, 0.2) is 0 Å². The fourth-order valence-electron chi connectivity index (χ4n) is 5.10. The Morgan fingerprint density at radius 2 is 0.738 bits per heavy atom. The number of halogens is 5. The Balaban J connectivity index is 0. The van der Waals surface area contributed by atoms with Crippen molar-refractivity contribution in [1.29, 1.82) is 0 Å². The van der Waals surface area contributed by atoms with Crippen molar-refractivity contribution in [2.75, 3.05) is 6.61 Å². The third-order valence-corrected chi connectivity index (χ3v) is 9.19. The lowest BCUT2D eigenvalue weighted by Gasteiger charge is -2.16. The van der Waals surface area contributed by atoms with Gasteiger partial charge in [-0.2, -0.15) is 30.4 Å². The Morgan fingerprint density at radius 1 is 0.452 bits per heavy atom. The van der Waals surface area contributed by atoms with Crippen LogP contribution in [-0.2, 0) is 14.3 Å². The van der Waals surface area contributed by atoms with Crippen LogP contribution in [0.1, 0.15) is 187 Å². The number of hydrogen-bond acceptors (Lipinski definition) is 4. The van der Waals surface area contributed by atoms with Crippen molar-refractivity contribution < 1.29 is 34.6 Å². The predicted molar refractivity (Wildman–Crippen MR) is 166 cm³/mol. The number of unbranched alkanes of at least 4 members (excludes halogenated alkanes) is 24. The van der Waals surface area contributed by atoms with Gasteiger partial charge in [0.15, 0.2) is 0 Å². The van der Waals surface area contributed by atoms with E-state index in [1.54, 1.807) is 0 Å². The summed E-state index contributed by atoms with van der Waals surface area (Å²) in [5.41, 5.74) is 0. The zero-order valence-corrected chi connectivity index (χ0v) is 27.6. The Morgan fingerprint density at radius 3 is 1.07 bits per heavy atom. The molecule has 0 heterocycles. The van der Waals surface area contributed by atoms with Crippen molar-refractivity contribution in [2.24, 2.45) is 0 Å². The van der Waals surface area contributed by atoms with E-state index in [9.17, 15) is 30.4 Å². The maximum Gasteiger partial charge on any atom is 0.389 e. The van der Waals surface area contributed by atoms with Gasteiger partial charge >= 0.3 is 21.5 Å². The molecule has 4 nitrogen and oxygen atoms in total. The molecule has 0 bridgehead atoms. The summed E-state index contributed by atoms with van der Waals surface area (Å²) in [6.45, 7) is 2.05. The van der Waals surface area contributed by atoms with Gasteiger partial charge in [-0.15, -0.1) is 0 Å². The molecule has 256 valence electrons. The molecule has 0 aliphatic carbocycles. The average molecular weight is 638 g/mol. The summed E-state index contributed by atoms with van der Waals surface area (Å²) in [6.07, 6.45) is 20.2. The molecule has 0 saturated carbocycles. The molecule has 10 heteroatoms. The Hall–Kier alpha value is -0.480. The van der Waals surface area contributed by atoms with E-state index >= 15 is 0 Å². The van der Waals surface area contributed by atoms with Crippen molar-refractivity contribution in [1.82, 2.24) is 6.15 Å². The van der Waals surface area contributed by atoms with Gasteiger partial charge in [0.05, 0.1) is 6.61 Å². The molecule has 0 rings (SSSR count).